The van der Waals surface area contributed by atoms with Crippen molar-refractivity contribution in [1.29, 1.82) is 0 Å². The third-order valence-electron chi connectivity index (χ3n) is 4.58. The molecule has 134 valence electrons. The van der Waals surface area contributed by atoms with Crippen LogP contribution in [0.5, 0.6) is 0 Å². The highest BCUT2D eigenvalue weighted by Gasteiger charge is 2.23. The minimum Gasteiger partial charge on any atom is -0.378 e. The highest BCUT2D eigenvalue weighted by molar-refractivity contribution is 5.76. The van der Waals surface area contributed by atoms with Crippen molar-refractivity contribution in [3.63, 3.8) is 0 Å². The average molecular weight is 333 g/mol. The van der Waals surface area contributed by atoms with Crippen molar-refractivity contribution in [3.05, 3.63) is 30.1 Å². The molecular formula is C19H31N3O2. The van der Waals surface area contributed by atoms with E-state index in [9.17, 15) is 4.79 Å². The molecule has 0 aromatic carbocycles. The van der Waals surface area contributed by atoms with Gasteiger partial charge in [-0.25, -0.2) is 0 Å². The molecule has 2 rings (SSSR count). The Morgan fingerprint density at radius 3 is 2.92 bits per heavy atom. The standard InChI is InChI=1S/C19H31N3O2/c1-16(2)24-14-10-19(23)22-12-6-8-18(9-13-22)21(3)15-17-7-4-5-11-20-17/h4-5,7,11,16,18H,6,8-10,12-15H2,1-3H3/t18-/m0/s1. The smallest absolute Gasteiger partial charge is 0.224 e. The van der Waals surface area contributed by atoms with Gasteiger partial charge in [-0.2, -0.15) is 0 Å². The number of hydrogen-bond acceptors (Lipinski definition) is 4. The zero-order valence-electron chi connectivity index (χ0n) is 15.3. The van der Waals surface area contributed by atoms with Gasteiger partial charge in [-0.15, -0.1) is 0 Å². The first-order chi connectivity index (χ1) is 11.6. The summed E-state index contributed by atoms with van der Waals surface area (Å²) in [5.41, 5.74) is 1.10. The number of ether oxygens (including phenoxy) is 1. The number of pyridine rings is 1. The summed E-state index contributed by atoms with van der Waals surface area (Å²) in [7, 11) is 2.16. The zero-order valence-corrected chi connectivity index (χ0v) is 15.3. The first-order valence-corrected chi connectivity index (χ1v) is 9.05. The summed E-state index contributed by atoms with van der Waals surface area (Å²) < 4.78 is 5.50. The lowest BCUT2D eigenvalue weighted by atomic mass is 10.1. The molecule has 1 aliphatic rings. The van der Waals surface area contributed by atoms with Crippen LogP contribution < -0.4 is 0 Å². The van der Waals surface area contributed by atoms with Crippen molar-refractivity contribution in [2.75, 3.05) is 26.7 Å². The van der Waals surface area contributed by atoms with Gasteiger partial charge < -0.3 is 9.64 Å². The number of amides is 1. The van der Waals surface area contributed by atoms with Gasteiger partial charge in [0.05, 0.1) is 24.8 Å². The Morgan fingerprint density at radius 1 is 1.38 bits per heavy atom. The molecule has 1 aliphatic heterocycles. The van der Waals surface area contributed by atoms with Crippen LogP contribution in [0.1, 0.15) is 45.2 Å². The molecule has 0 N–H and O–H groups in total. The van der Waals surface area contributed by atoms with E-state index < -0.39 is 0 Å². The van der Waals surface area contributed by atoms with Crippen LogP contribution in [0, 0.1) is 0 Å². The van der Waals surface area contributed by atoms with Crippen LogP contribution in [0.4, 0.5) is 0 Å². The van der Waals surface area contributed by atoms with E-state index >= 15 is 0 Å². The topological polar surface area (TPSA) is 45.7 Å². The van der Waals surface area contributed by atoms with Crippen LogP contribution in [-0.4, -0.2) is 59.6 Å². The Labute approximate surface area is 146 Å². The Morgan fingerprint density at radius 2 is 2.21 bits per heavy atom. The fourth-order valence-electron chi connectivity index (χ4n) is 3.19. The second-order valence-electron chi connectivity index (χ2n) is 6.87. The van der Waals surface area contributed by atoms with Crippen molar-refractivity contribution < 1.29 is 9.53 Å². The molecule has 1 atom stereocenters. The van der Waals surface area contributed by atoms with Gasteiger partial charge in [-0.1, -0.05) is 6.07 Å². The van der Waals surface area contributed by atoms with Gasteiger partial charge >= 0.3 is 0 Å². The summed E-state index contributed by atoms with van der Waals surface area (Å²) in [6.07, 6.45) is 5.75. The summed E-state index contributed by atoms with van der Waals surface area (Å²) in [4.78, 5) is 21.1. The number of nitrogens with zero attached hydrogens (tertiary/aromatic N) is 3. The van der Waals surface area contributed by atoms with Gasteiger partial charge in [0, 0.05) is 31.9 Å². The minimum absolute atomic E-state index is 0.187. The lowest BCUT2D eigenvalue weighted by Gasteiger charge is -2.27. The molecule has 0 saturated carbocycles. The lowest BCUT2D eigenvalue weighted by molar-refractivity contribution is -0.132. The summed E-state index contributed by atoms with van der Waals surface area (Å²) in [6, 6.07) is 6.55. The molecular weight excluding hydrogens is 302 g/mol. The number of carbonyl (C=O) groups excluding carboxylic acids is 1. The van der Waals surface area contributed by atoms with Crippen molar-refractivity contribution in [1.82, 2.24) is 14.8 Å². The number of carbonyl (C=O) groups is 1. The minimum atomic E-state index is 0.187. The highest BCUT2D eigenvalue weighted by atomic mass is 16.5. The number of rotatable bonds is 7. The van der Waals surface area contributed by atoms with Gasteiger partial charge in [-0.3, -0.25) is 14.7 Å². The quantitative estimate of drug-likeness (QED) is 0.770. The van der Waals surface area contributed by atoms with Crippen LogP contribution >= 0.6 is 0 Å². The van der Waals surface area contributed by atoms with E-state index in [-0.39, 0.29) is 12.0 Å². The van der Waals surface area contributed by atoms with Gasteiger partial charge in [0.15, 0.2) is 0 Å². The van der Waals surface area contributed by atoms with Crippen LogP contribution in [0.3, 0.4) is 0 Å². The predicted molar refractivity (Wildman–Crippen MR) is 95.6 cm³/mol. The van der Waals surface area contributed by atoms with Gasteiger partial charge in [-0.05, 0) is 52.3 Å². The monoisotopic (exact) mass is 333 g/mol. The summed E-state index contributed by atoms with van der Waals surface area (Å²) in [5, 5.41) is 0. The van der Waals surface area contributed by atoms with Gasteiger partial charge in [0.1, 0.15) is 0 Å². The van der Waals surface area contributed by atoms with Gasteiger partial charge in [0.2, 0.25) is 5.91 Å². The Hall–Kier alpha value is -1.46. The second kappa shape index (κ2) is 9.74. The fourth-order valence-corrected chi connectivity index (χ4v) is 3.19. The summed E-state index contributed by atoms with van der Waals surface area (Å²) in [5.74, 6) is 0.226. The Kier molecular flexibility index (Phi) is 7.66. The first-order valence-electron chi connectivity index (χ1n) is 9.05. The Balaban J connectivity index is 1.78. The van der Waals surface area contributed by atoms with Gasteiger partial charge in [0.25, 0.3) is 0 Å². The maximum atomic E-state index is 12.3. The third kappa shape index (κ3) is 6.21. The predicted octanol–water partition coefficient (Wildman–Crippen LogP) is 2.71. The molecule has 5 heteroatoms. The lowest BCUT2D eigenvalue weighted by Crippen LogP contribution is -2.35. The van der Waals surface area contributed by atoms with Crippen molar-refractivity contribution in [2.45, 2.75) is 58.2 Å². The molecule has 5 nitrogen and oxygen atoms in total. The molecule has 1 amide bonds. The van der Waals surface area contributed by atoms with Crippen LogP contribution in [0.25, 0.3) is 0 Å². The van der Waals surface area contributed by atoms with Crippen LogP contribution in [-0.2, 0) is 16.1 Å². The zero-order chi connectivity index (χ0) is 17.4. The van der Waals surface area contributed by atoms with Crippen molar-refractivity contribution in [2.24, 2.45) is 0 Å². The van der Waals surface area contributed by atoms with Crippen LogP contribution in [0.15, 0.2) is 24.4 Å². The molecule has 0 unspecified atom stereocenters. The van der Waals surface area contributed by atoms with E-state index in [0.717, 1.165) is 44.6 Å². The van der Waals surface area contributed by atoms with E-state index in [0.29, 0.717) is 19.1 Å². The summed E-state index contributed by atoms with van der Waals surface area (Å²) >= 11 is 0. The molecule has 1 aromatic rings. The van der Waals surface area contributed by atoms with E-state index in [2.05, 4.69) is 23.0 Å². The molecule has 24 heavy (non-hydrogen) atoms. The third-order valence-corrected chi connectivity index (χ3v) is 4.58. The number of hydrogen-bond donors (Lipinski definition) is 0. The molecule has 1 saturated heterocycles. The van der Waals surface area contributed by atoms with E-state index in [1.165, 1.54) is 0 Å². The van der Waals surface area contributed by atoms with E-state index in [1.54, 1.807) is 0 Å². The number of likely N-dealkylation sites (tertiary alicyclic amines) is 1. The molecule has 0 radical (unpaired) electrons. The molecule has 1 fully saturated rings. The van der Waals surface area contributed by atoms with Crippen molar-refractivity contribution in [3.8, 4) is 0 Å². The Bertz CT molecular complexity index is 493. The highest BCUT2D eigenvalue weighted by Crippen LogP contribution is 2.18. The maximum absolute atomic E-state index is 12.3. The maximum Gasteiger partial charge on any atom is 0.224 e. The van der Waals surface area contributed by atoms with E-state index in [1.807, 2.05) is 37.1 Å². The molecule has 2 heterocycles. The van der Waals surface area contributed by atoms with E-state index in [4.69, 9.17) is 4.74 Å². The first kappa shape index (κ1) is 18.9. The SMILES string of the molecule is CC(C)OCCC(=O)N1CCC[C@H](N(C)Cc2ccccn2)CC1. The average Bonchev–Trinajstić information content (AvgIpc) is 2.81. The normalized spacial score (nSPS) is 18.9. The van der Waals surface area contributed by atoms with Crippen LogP contribution in [0.2, 0.25) is 0 Å². The molecule has 0 aliphatic carbocycles. The number of aromatic nitrogens is 1. The molecule has 1 aromatic heterocycles. The second-order valence-corrected chi connectivity index (χ2v) is 6.87. The summed E-state index contributed by atoms with van der Waals surface area (Å²) in [6.45, 7) is 7.10. The van der Waals surface area contributed by atoms with Crippen molar-refractivity contribution >= 4 is 5.91 Å². The molecule has 0 spiro atoms. The largest absolute Gasteiger partial charge is 0.378 e. The molecule has 0 bridgehead atoms. The fraction of sp³-hybridized carbons (Fsp3) is 0.684.